The van der Waals surface area contributed by atoms with E-state index in [0.29, 0.717) is 19.5 Å². The molecule has 0 aromatic heterocycles. The van der Waals surface area contributed by atoms with Crippen molar-refractivity contribution in [2.24, 2.45) is 5.92 Å². The van der Waals surface area contributed by atoms with E-state index in [0.717, 1.165) is 12.8 Å². The Morgan fingerprint density at radius 1 is 1.48 bits per heavy atom. The third kappa shape index (κ3) is 4.89. The lowest BCUT2D eigenvalue weighted by Crippen LogP contribution is -2.60. The summed E-state index contributed by atoms with van der Waals surface area (Å²) in [5, 5.41) is 5.60. The molecular formula is C15H23N3O4S. The SMILES string of the molecule is CCC(C)OC(=O)CC1C(=O)NCCN1C(=S)NC(=O)C1CC1. The average Bonchev–Trinajstić information content (AvgIpc) is 3.33. The molecule has 128 valence electrons. The van der Waals surface area contributed by atoms with E-state index in [2.05, 4.69) is 10.6 Å². The number of carbonyl (C=O) groups is 3. The van der Waals surface area contributed by atoms with Gasteiger partial charge in [0.1, 0.15) is 6.04 Å². The summed E-state index contributed by atoms with van der Waals surface area (Å²) in [5.74, 6) is -0.801. The highest BCUT2D eigenvalue weighted by Crippen LogP contribution is 2.28. The fourth-order valence-corrected chi connectivity index (χ4v) is 2.62. The molecule has 2 N–H and O–H groups in total. The zero-order valence-corrected chi connectivity index (χ0v) is 14.3. The topological polar surface area (TPSA) is 87.7 Å². The number of amides is 2. The maximum atomic E-state index is 12.1. The molecule has 7 nitrogen and oxygen atoms in total. The normalized spacial score (nSPS) is 22.1. The molecule has 0 aromatic rings. The van der Waals surface area contributed by atoms with Crippen molar-refractivity contribution >= 4 is 35.1 Å². The summed E-state index contributed by atoms with van der Waals surface area (Å²) in [6, 6.07) is -0.743. The minimum absolute atomic E-state index is 0.0281. The summed E-state index contributed by atoms with van der Waals surface area (Å²) >= 11 is 5.25. The lowest BCUT2D eigenvalue weighted by Gasteiger charge is -2.36. The minimum atomic E-state index is -0.743. The number of piperazine rings is 1. The molecule has 2 fully saturated rings. The summed E-state index contributed by atoms with van der Waals surface area (Å²) < 4.78 is 5.23. The fourth-order valence-electron chi connectivity index (χ4n) is 2.30. The number of rotatable bonds is 5. The van der Waals surface area contributed by atoms with E-state index in [1.165, 1.54) is 0 Å². The highest BCUT2D eigenvalue weighted by molar-refractivity contribution is 7.80. The van der Waals surface area contributed by atoms with Crippen LogP contribution in [0.4, 0.5) is 0 Å². The van der Waals surface area contributed by atoms with Crippen molar-refractivity contribution in [3.05, 3.63) is 0 Å². The van der Waals surface area contributed by atoms with Crippen LogP contribution in [0.5, 0.6) is 0 Å². The summed E-state index contributed by atoms with van der Waals surface area (Å²) in [6.07, 6.45) is 2.18. The molecule has 1 saturated carbocycles. The molecule has 1 saturated heterocycles. The Morgan fingerprint density at radius 3 is 2.78 bits per heavy atom. The van der Waals surface area contributed by atoms with Crippen molar-refractivity contribution in [1.82, 2.24) is 15.5 Å². The Kier molecular flexibility index (Phi) is 5.92. The minimum Gasteiger partial charge on any atom is -0.463 e. The van der Waals surface area contributed by atoms with Crippen LogP contribution in [0.2, 0.25) is 0 Å². The molecule has 8 heteroatoms. The van der Waals surface area contributed by atoms with E-state index in [4.69, 9.17) is 17.0 Å². The fraction of sp³-hybridized carbons (Fsp3) is 0.733. The third-order valence-electron chi connectivity index (χ3n) is 4.04. The van der Waals surface area contributed by atoms with Gasteiger partial charge in [0, 0.05) is 19.0 Å². The molecular weight excluding hydrogens is 318 g/mol. The van der Waals surface area contributed by atoms with Crippen LogP contribution in [0.15, 0.2) is 0 Å². The van der Waals surface area contributed by atoms with Crippen LogP contribution in [0.1, 0.15) is 39.5 Å². The van der Waals surface area contributed by atoms with Crippen LogP contribution in [0, 0.1) is 5.92 Å². The van der Waals surface area contributed by atoms with Crippen LogP contribution in [-0.4, -0.2) is 53.0 Å². The van der Waals surface area contributed by atoms with E-state index >= 15 is 0 Å². The van der Waals surface area contributed by atoms with Gasteiger partial charge in [0.05, 0.1) is 12.5 Å². The molecule has 0 bridgehead atoms. The van der Waals surface area contributed by atoms with Crippen LogP contribution < -0.4 is 10.6 Å². The number of carbonyl (C=O) groups excluding carboxylic acids is 3. The van der Waals surface area contributed by atoms with Gasteiger partial charge in [-0.1, -0.05) is 6.92 Å². The van der Waals surface area contributed by atoms with Gasteiger partial charge in [-0.05, 0) is 38.4 Å². The predicted octanol–water partition coefficient (Wildman–Crippen LogP) is 0.330. The predicted molar refractivity (Wildman–Crippen MR) is 87.4 cm³/mol. The molecule has 0 radical (unpaired) electrons. The Balaban J connectivity index is 1.97. The molecule has 0 aromatic carbocycles. The summed E-state index contributed by atoms with van der Waals surface area (Å²) in [7, 11) is 0. The Labute approximate surface area is 141 Å². The number of nitrogens with one attached hydrogen (secondary N) is 2. The van der Waals surface area contributed by atoms with Gasteiger partial charge in [-0.25, -0.2) is 0 Å². The van der Waals surface area contributed by atoms with Crippen molar-refractivity contribution in [2.75, 3.05) is 13.1 Å². The molecule has 2 rings (SSSR count). The van der Waals surface area contributed by atoms with Crippen molar-refractivity contribution in [1.29, 1.82) is 0 Å². The standard InChI is InChI=1S/C15H23N3O4S/c1-3-9(2)22-12(19)8-11-14(21)16-6-7-18(11)15(23)17-13(20)10-4-5-10/h9-11H,3-8H2,1-2H3,(H,16,21)(H,17,20,23). The number of hydrogen-bond donors (Lipinski definition) is 2. The number of thiocarbonyl (C=S) groups is 1. The van der Waals surface area contributed by atoms with Gasteiger partial charge >= 0.3 is 5.97 Å². The van der Waals surface area contributed by atoms with Crippen LogP contribution in [0.3, 0.4) is 0 Å². The highest BCUT2D eigenvalue weighted by Gasteiger charge is 2.36. The van der Waals surface area contributed by atoms with Crippen LogP contribution in [-0.2, 0) is 19.1 Å². The third-order valence-corrected chi connectivity index (χ3v) is 4.37. The molecule has 1 aliphatic carbocycles. The first kappa shape index (κ1) is 17.7. The smallest absolute Gasteiger partial charge is 0.308 e. The van der Waals surface area contributed by atoms with E-state index in [1.807, 2.05) is 6.92 Å². The first-order chi connectivity index (χ1) is 10.9. The van der Waals surface area contributed by atoms with Crippen LogP contribution in [0.25, 0.3) is 0 Å². The monoisotopic (exact) mass is 341 g/mol. The van der Waals surface area contributed by atoms with E-state index in [9.17, 15) is 14.4 Å². The van der Waals surface area contributed by atoms with Gasteiger partial charge < -0.3 is 20.3 Å². The van der Waals surface area contributed by atoms with E-state index in [1.54, 1.807) is 11.8 Å². The molecule has 1 aliphatic heterocycles. The lowest BCUT2D eigenvalue weighted by molar-refractivity contribution is -0.151. The highest BCUT2D eigenvalue weighted by atomic mass is 32.1. The van der Waals surface area contributed by atoms with E-state index in [-0.39, 0.29) is 35.4 Å². The average molecular weight is 341 g/mol. The summed E-state index contributed by atoms with van der Waals surface area (Å²) in [5.41, 5.74) is 0. The number of ether oxygens (including phenoxy) is 1. The zero-order valence-electron chi connectivity index (χ0n) is 13.5. The number of nitrogens with zero attached hydrogens (tertiary/aromatic N) is 1. The molecule has 2 amide bonds. The van der Waals surface area contributed by atoms with Gasteiger partial charge in [-0.3, -0.25) is 14.4 Å². The van der Waals surface area contributed by atoms with Crippen molar-refractivity contribution < 1.29 is 19.1 Å². The van der Waals surface area contributed by atoms with Gasteiger partial charge in [0.25, 0.3) is 0 Å². The molecule has 1 heterocycles. The van der Waals surface area contributed by atoms with Gasteiger partial charge in [0.2, 0.25) is 11.8 Å². The molecule has 23 heavy (non-hydrogen) atoms. The second-order valence-corrected chi connectivity index (χ2v) is 6.37. The van der Waals surface area contributed by atoms with Crippen LogP contribution >= 0.6 is 12.2 Å². The van der Waals surface area contributed by atoms with Crippen molar-refractivity contribution in [2.45, 2.75) is 51.7 Å². The summed E-state index contributed by atoms with van der Waals surface area (Å²) in [4.78, 5) is 37.5. The molecule has 2 atom stereocenters. The second kappa shape index (κ2) is 7.72. The number of esters is 1. The zero-order chi connectivity index (χ0) is 17.0. The molecule has 2 aliphatic rings. The maximum Gasteiger partial charge on any atom is 0.308 e. The summed E-state index contributed by atoms with van der Waals surface area (Å²) in [6.45, 7) is 4.60. The Morgan fingerprint density at radius 2 is 2.17 bits per heavy atom. The largest absolute Gasteiger partial charge is 0.463 e. The maximum absolute atomic E-state index is 12.1. The van der Waals surface area contributed by atoms with E-state index < -0.39 is 12.0 Å². The van der Waals surface area contributed by atoms with Crippen molar-refractivity contribution in [3.63, 3.8) is 0 Å². The Hall–Kier alpha value is -1.70. The molecule has 0 spiro atoms. The number of hydrogen-bond acceptors (Lipinski definition) is 5. The van der Waals surface area contributed by atoms with Gasteiger partial charge in [-0.15, -0.1) is 0 Å². The first-order valence-electron chi connectivity index (χ1n) is 8.01. The second-order valence-electron chi connectivity index (χ2n) is 5.98. The molecule has 2 unspecified atom stereocenters. The van der Waals surface area contributed by atoms with Gasteiger partial charge in [-0.2, -0.15) is 0 Å². The Bertz CT molecular complexity index is 507. The lowest BCUT2D eigenvalue weighted by atomic mass is 10.1. The van der Waals surface area contributed by atoms with Crippen molar-refractivity contribution in [3.8, 4) is 0 Å². The first-order valence-corrected chi connectivity index (χ1v) is 8.41. The quantitative estimate of drug-likeness (QED) is 0.553. The van der Waals surface area contributed by atoms with Gasteiger partial charge in [0.15, 0.2) is 5.11 Å².